The molecular formula is C19H21N3O3. The SMILES string of the molecule is COC[C@H](C)NC(=O)c1ccccc1OCc1cn2ccccc2n1. The zero-order valence-electron chi connectivity index (χ0n) is 14.3. The number of hydrogen-bond acceptors (Lipinski definition) is 4. The van der Waals surface area contributed by atoms with E-state index in [1.807, 2.05) is 54.0 Å². The van der Waals surface area contributed by atoms with Crippen molar-refractivity contribution >= 4 is 11.6 Å². The molecule has 0 saturated heterocycles. The van der Waals surface area contributed by atoms with Gasteiger partial charge in [-0.05, 0) is 31.2 Å². The molecule has 0 aliphatic carbocycles. The van der Waals surface area contributed by atoms with Gasteiger partial charge in [0.25, 0.3) is 5.91 Å². The molecule has 3 aromatic rings. The number of nitrogens with one attached hydrogen (secondary N) is 1. The normalized spacial score (nSPS) is 12.1. The van der Waals surface area contributed by atoms with Gasteiger partial charge < -0.3 is 19.2 Å². The summed E-state index contributed by atoms with van der Waals surface area (Å²) in [7, 11) is 1.61. The van der Waals surface area contributed by atoms with E-state index >= 15 is 0 Å². The zero-order valence-corrected chi connectivity index (χ0v) is 14.3. The van der Waals surface area contributed by atoms with E-state index in [0.29, 0.717) is 24.5 Å². The molecule has 1 N–H and O–H groups in total. The Kier molecular flexibility index (Phi) is 5.30. The van der Waals surface area contributed by atoms with Gasteiger partial charge in [-0.15, -0.1) is 0 Å². The Bertz CT molecular complexity index is 827. The fourth-order valence-electron chi connectivity index (χ4n) is 2.58. The maximum Gasteiger partial charge on any atom is 0.255 e. The minimum Gasteiger partial charge on any atom is -0.486 e. The average molecular weight is 339 g/mol. The summed E-state index contributed by atoms with van der Waals surface area (Å²) in [5.41, 5.74) is 2.16. The Morgan fingerprint density at radius 2 is 2.04 bits per heavy atom. The third-order valence-corrected chi connectivity index (χ3v) is 3.72. The molecule has 1 aromatic carbocycles. The maximum atomic E-state index is 12.4. The number of benzene rings is 1. The van der Waals surface area contributed by atoms with Gasteiger partial charge >= 0.3 is 0 Å². The Morgan fingerprint density at radius 1 is 1.24 bits per heavy atom. The zero-order chi connectivity index (χ0) is 17.6. The van der Waals surface area contributed by atoms with Crippen LogP contribution in [0.3, 0.4) is 0 Å². The quantitative estimate of drug-likeness (QED) is 0.719. The molecule has 2 heterocycles. The molecular weight excluding hydrogens is 318 g/mol. The summed E-state index contributed by atoms with van der Waals surface area (Å²) in [6.07, 6.45) is 3.85. The Hall–Kier alpha value is -2.86. The van der Waals surface area contributed by atoms with Crippen LogP contribution < -0.4 is 10.1 Å². The summed E-state index contributed by atoms with van der Waals surface area (Å²) in [6.45, 7) is 2.64. The van der Waals surface area contributed by atoms with Crippen molar-refractivity contribution < 1.29 is 14.3 Å². The number of hydrogen-bond donors (Lipinski definition) is 1. The molecule has 0 aliphatic rings. The van der Waals surface area contributed by atoms with Crippen molar-refractivity contribution in [1.82, 2.24) is 14.7 Å². The molecule has 0 unspecified atom stereocenters. The highest BCUT2D eigenvalue weighted by Gasteiger charge is 2.15. The molecule has 0 radical (unpaired) electrons. The first-order chi connectivity index (χ1) is 12.2. The molecule has 3 rings (SSSR count). The monoisotopic (exact) mass is 339 g/mol. The van der Waals surface area contributed by atoms with Crippen molar-refractivity contribution in [1.29, 1.82) is 0 Å². The van der Waals surface area contributed by atoms with Gasteiger partial charge in [-0.1, -0.05) is 18.2 Å². The lowest BCUT2D eigenvalue weighted by Crippen LogP contribution is -2.35. The molecule has 0 fully saturated rings. The number of aromatic nitrogens is 2. The summed E-state index contributed by atoms with van der Waals surface area (Å²) >= 11 is 0. The molecule has 0 saturated carbocycles. The summed E-state index contributed by atoms with van der Waals surface area (Å²) in [6, 6.07) is 12.9. The van der Waals surface area contributed by atoms with E-state index in [0.717, 1.165) is 11.3 Å². The van der Waals surface area contributed by atoms with E-state index in [1.165, 1.54) is 0 Å². The molecule has 1 amide bonds. The van der Waals surface area contributed by atoms with Crippen LogP contribution in [-0.2, 0) is 11.3 Å². The highest BCUT2D eigenvalue weighted by atomic mass is 16.5. The number of ether oxygens (including phenoxy) is 2. The van der Waals surface area contributed by atoms with Gasteiger partial charge in [0.15, 0.2) is 0 Å². The molecule has 0 spiro atoms. The minimum absolute atomic E-state index is 0.0796. The Balaban J connectivity index is 1.71. The first-order valence-corrected chi connectivity index (χ1v) is 8.11. The number of rotatable bonds is 7. The first kappa shape index (κ1) is 17.0. The predicted octanol–water partition coefficient (Wildman–Crippen LogP) is 2.68. The lowest BCUT2D eigenvalue weighted by Gasteiger charge is -2.15. The molecule has 0 bridgehead atoms. The van der Waals surface area contributed by atoms with Gasteiger partial charge in [0.2, 0.25) is 0 Å². The number of carbonyl (C=O) groups excluding carboxylic acids is 1. The van der Waals surface area contributed by atoms with Crippen LogP contribution in [0.5, 0.6) is 5.75 Å². The second kappa shape index (κ2) is 7.81. The number of amides is 1. The van der Waals surface area contributed by atoms with Crippen LogP contribution in [0.2, 0.25) is 0 Å². The van der Waals surface area contributed by atoms with Crippen LogP contribution >= 0.6 is 0 Å². The molecule has 130 valence electrons. The van der Waals surface area contributed by atoms with Crippen molar-refractivity contribution in [3.63, 3.8) is 0 Å². The summed E-state index contributed by atoms with van der Waals surface area (Å²) in [4.78, 5) is 16.9. The highest BCUT2D eigenvalue weighted by Crippen LogP contribution is 2.19. The van der Waals surface area contributed by atoms with E-state index in [9.17, 15) is 4.79 Å². The van der Waals surface area contributed by atoms with Crippen LogP contribution in [0.15, 0.2) is 54.9 Å². The van der Waals surface area contributed by atoms with E-state index in [-0.39, 0.29) is 11.9 Å². The first-order valence-electron chi connectivity index (χ1n) is 8.11. The number of carbonyl (C=O) groups is 1. The van der Waals surface area contributed by atoms with Crippen molar-refractivity contribution in [3.8, 4) is 5.75 Å². The fourth-order valence-corrected chi connectivity index (χ4v) is 2.58. The minimum atomic E-state index is -0.185. The van der Waals surface area contributed by atoms with Crippen LogP contribution in [0.25, 0.3) is 5.65 Å². The smallest absolute Gasteiger partial charge is 0.255 e. The lowest BCUT2D eigenvalue weighted by molar-refractivity contribution is 0.0901. The molecule has 1 atom stereocenters. The molecule has 6 heteroatoms. The second-order valence-electron chi connectivity index (χ2n) is 5.81. The second-order valence-corrected chi connectivity index (χ2v) is 5.81. The van der Waals surface area contributed by atoms with Crippen molar-refractivity contribution in [3.05, 3.63) is 66.1 Å². The molecule has 25 heavy (non-hydrogen) atoms. The highest BCUT2D eigenvalue weighted by molar-refractivity contribution is 5.97. The third kappa shape index (κ3) is 4.16. The van der Waals surface area contributed by atoms with Crippen LogP contribution in [-0.4, -0.2) is 35.1 Å². The number of fused-ring (bicyclic) bond motifs is 1. The van der Waals surface area contributed by atoms with Gasteiger partial charge in [0, 0.05) is 25.5 Å². The topological polar surface area (TPSA) is 64.9 Å². The lowest BCUT2D eigenvalue weighted by atomic mass is 10.1. The van der Waals surface area contributed by atoms with Gasteiger partial charge in [-0.2, -0.15) is 0 Å². The number of pyridine rings is 1. The van der Waals surface area contributed by atoms with Gasteiger partial charge in [0.1, 0.15) is 18.0 Å². The standard InChI is InChI=1S/C19H21N3O3/c1-14(12-24-2)20-19(23)16-7-3-4-8-17(16)25-13-15-11-22-10-6-5-9-18(22)21-15/h3-11,14H,12-13H2,1-2H3,(H,20,23)/t14-/m0/s1. The Morgan fingerprint density at radius 3 is 2.84 bits per heavy atom. The van der Waals surface area contributed by atoms with Crippen molar-refractivity contribution in [2.45, 2.75) is 19.6 Å². The molecule has 6 nitrogen and oxygen atoms in total. The van der Waals surface area contributed by atoms with Crippen LogP contribution in [0.4, 0.5) is 0 Å². The molecule has 2 aromatic heterocycles. The number of nitrogens with zero attached hydrogens (tertiary/aromatic N) is 2. The van der Waals surface area contributed by atoms with Gasteiger partial charge in [-0.25, -0.2) is 4.98 Å². The predicted molar refractivity (Wildman–Crippen MR) is 94.8 cm³/mol. The van der Waals surface area contributed by atoms with E-state index in [1.54, 1.807) is 19.2 Å². The van der Waals surface area contributed by atoms with Crippen molar-refractivity contribution in [2.24, 2.45) is 0 Å². The van der Waals surface area contributed by atoms with E-state index in [2.05, 4.69) is 10.3 Å². The van der Waals surface area contributed by atoms with E-state index < -0.39 is 0 Å². The van der Waals surface area contributed by atoms with Gasteiger partial charge in [0.05, 0.1) is 17.9 Å². The Labute approximate surface area is 146 Å². The third-order valence-electron chi connectivity index (χ3n) is 3.72. The van der Waals surface area contributed by atoms with E-state index in [4.69, 9.17) is 9.47 Å². The summed E-state index contributed by atoms with van der Waals surface area (Å²) in [5.74, 6) is 0.344. The number of imidazole rings is 1. The summed E-state index contributed by atoms with van der Waals surface area (Å²) in [5, 5.41) is 2.89. The van der Waals surface area contributed by atoms with Crippen LogP contribution in [0, 0.1) is 0 Å². The van der Waals surface area contributed by atoms with Gasteiger partial charge in [-0.3, -0.25) is 4.79 Å². The van der Waals surface area contributed by atoms with Crippen molar-refractivity contribution in [2.75, 3.05) is 13.7 Å². The maximum absolute atomic E-state index is 12.4. The summed E-state index contributed by atoms with van der Waals surface area (Å²) < 4.78 is 12.8. The largest absolute Gasteiger partial charge is 0.486 e. The van der Waals surface area contributed by atoms with Crippen LogP contribution in [0.1, 0.15) is 23.0 Å². The number of methoxy groups -OCH3 is 1. The fraction of sp³-hybridized carbons (Fsp3) is 0.263. The average Bonchev–Trinajstić information content (AvgIpc) is 3.03. The number of para-hydroxylation sites is 1. The molecule has 0 aliphatic heterocycles.